The summed E-state index contributed by atoms with van der Waals surface area (Å²) in [6.07, 6.45) is 5.62. The maximum atomic E-state index is 12.3. The first-order chi connectivity index (χ1) is 8.66. The molecule has 104 valence electrons. The minimum absolute atomic E-state index is 0.396. The highest BCUT2D eigenvalue weighted by Crippen LogP contribution is 2.26. The molecule has 2 heterocycles. The molecule has 1 N–H and O–H groups in total. The van der Waals surface area contributed by atoms with Gasteiger partial charge >= 0.3 is 0 Å². The molecule has 0 spiro atoms. The number of amides is 1. The molecule has 0 aromatic rings. The van der Waals surface area contributed by atoms with Crippen LogP contribution in [0.1, 0.15) is 46.0 Å². The first kappa shape index (κ1) is 13.9. The maximum absolute atomic E-state index is 12.3. The van der Waals surface area contributed by atoms with Crippen molar-refractivity contribution in [3.63, 3.8) is 0 Å². The van der Waals surface area contributed by atoms with Crippen LogP contribution in [0.2, 0.25) is 0 Å². The summed E-state index contributed by atoms with van der Waals surface area (Å²) in [5.74, 6) is 2.50. The smallest absolute Gasteiger partial charge is 0.222 e. The van der Waals surface area contributed by atoms with Gasteiger partial charge in [-0.25, -0.2) is 0 Å². The van der Waals surface area contributed by atoms with Crippen LogP contribution >= 0.6 is 0 Å². The van der Waals surface area contributed by atoms with Crippen LogP contribution in [-0.2, 0) is 4.79 Å². The molecule has 2 rings (SSSR count). The summed E-state index contributed by atoms with van der Waals surface area (Å²) in [6, 6.07) is 0. The van der Waals surface area contributed by atoms with Gasteiger partial charge in [0.2, 0.25) is 5.91 Å². The van der Waals surface area contributed by atoms with Crippen molar-refractivity contribution < 1.29 is 4.79 Å². The number of likely N-dealkylation sites (tertiary alicyclic amines) is 1. The van der Waals surface area contributed by atoms with Crippen molar-refractivity contribution in [1.29, 1.82) is 0 Å². The highest BCUT2D eigenvalue weighted by atomic mass is 16.2. The van der Waals surface area contributed by atoms with E-state index in [1.165, 1.54) is 25.7 Å². The van der Waals surface area contributed by atoms with Crippen molar-refractivity contribution in [2.45, 2.75) is 46.0 Å². The van der Waals surface area contributed by atoms with E-state index in [1.54, 1.807) is 0 Å². The summed E-state index contributed by atoms with van der Waals surface area (Å²) in [5, 5.41) is 3.40. The average molecular weight is 252 g/mol. The Hall–Kier alpha value is -0.570. The van der Waals surface area contributed by atoms with Gasteiger partial charge in [-0.15, -0.1) is 0 Å². The second kappa shape index (κ2) is 6.55. The van der Waals surface area contributed by atoms with Crippen molar-refractivity contribution in [3.05, 3.63) is 0 Å². The van der Waals surface area contributed by atoms with Gasteiger partial charge in [0.1, 0.15) is 0 Å². The molecule has 3 heteroatoms. The molecule has 0 bridgehead atoms. The molecule has 1 atom stereocenters. The van der Waals surface area contributed by atoms with E-state index in [1.807, 2.05) is 0 Å². The number of hydrogen-bond donors (Lipinski definition) is 1. The van der Waals surface area contributed by atoms with Crippen molar-refractivity contribution in [2.24, 2.45) is 17.8 Å². The average Bonchev–Trinajstić information content (AvgIpc) is 2.40. The number of carbonyl (C=O) groups is 1. The zero-order chi connectivity index (χ0) is 13.0. The van der Waals surface area contributed by atoms with E-state index < -0.39 is 0 Å². The Kier molecular flexibility index (Phi) is 5.04. The molecule has 2 fully saturated rings. The van der Waals surface area contributed by atoms with Crippen molar-refractivity contribution in [2.75, 3.05) is 26.2 Å². The number of hydrogen-bond acceptors (Lipinski definition) is 2. The second-order valence-electron chi connectivity index (χ2n) is 6.33. The third-order valence-corrected chi connectivity index (χ3v) is 4.82. The quantitative estimate of drug-likeness (QED) is 0.835. The minimum Gasteiger partial charge on any atom is -0.343 e. The fourth-order valence-electron chi connectivity index (χ4n) is 3.24. The molecule has 1 amide bonds. The predicted octanol–water partition coefficient (Wildman–Crippen LogP) is 2.27. The number of rotatable bonds is 3. The van der Waals surface area contributed by atoms with Crippen LogP contribution in [0.4, 0.5) is 0 Å². The van der Waals surface area contributed by atoms with Crippen LogP contribution in [0.3, 0.4) is 0 Å². The lowest BCUT2D eigenvalue weighted by Crippen LogP contribution is -2.39. The number of piperidine rings is 2. The van der Waals surface area contributed by atoms with E-state index in [0.29, 0.717) is 11.8 Å². The van der Waals surface area contributed by atoms with Crippen LogP contribution in [0.15, 0.2) is 0 Å². The van der Waals surface area contributed by atoms with Gasteiger partial charge in [0.25, 0.3) is 0 Å². The summed E-state index contributed by atoms with van der Waals surface area (Å²) in [4.78, 5) is 14.4. The summed E-state index contributed by atoms with van der Waals surface area (Å²) in [6.45, 7) is 8.78. The predicted molar refractivity (Wildman–Crippen MR) is 74.4 cm³/mol. The summed E-state index contributed by atoms with van der Waals surface area (Å²) in [7, 11) is 0. The molecular formula is C15H28N2O. The fraction of sp³-hybridized carbons (Fsp3) is 0.933. The fourth-order valence-corrected chi connectivity index (χ4v) is 3.24. The van der Waals surface area contributed by atoms with Gasteiger partial charge in [-0.1, -0.05) is 13.8 Å². The zero-order valence-corrected chi connectivity index (χ0v) is 12.0. The van der Waals surface area contributed by atoms with Gasteiger partial charge in [-0.3, -0.25) is 4.79 Å². The molecule has 0 radical (unpaired) electrons. The highest BCUT2D eigenvalue weighted by molar-refractivity contribution is 5.76. The van der Waals surface area contributed by atoms with Crippen LogP contribution in [0.25, 0.3) is 0 Å². The molecule has 3 nitrogen and oxygen atoms in total. The van der Waals surface area contributed by atoms with Gasteiger partial charge < -0.3 is 10.2 Å². The Balaban J connectivity index is 1.75. The lowest BCUT2D eigenvalue weighted by atomic mass is 9.83. The molecule has 0 saturated carbocycles. The molecular weight excluding hydrogens is 224 g/mol. The van der Waals surface area contributed by atoms with Crippen LogP contribution in [0.5, 0.6) is 0 Å². The van der Waals surface area contributed by atoms with E-state index in [2.05, 4.69) is 24.1 Å². The Labute approximate surface area is 111 Å². The topological polar surface area (TPSA) is 32.3 Å². The molecule has 18 heavy (non-hydrogen) atoms. The molecule has 2 aliphatic rings. The lowest BCUT2D eigenvalue weighted by Gasteiger charge is -2.33. The number of nitrogens with one attached hydrogen (secondary N) is 1. The van der Waals surface area contributed by atoms with Gasteiger partial charge in [-0.05, 0) is 56.5 Å². The Bertz CT molecular complexity index is 266. The monoisotopic (exact) mass is 252 g/mol. The van der Waals surface area contributed by atoms with Crippen LogP contribution in [0, 0.1) is 17.8 Å². The Morgan fingerprint density at radius 2 is 1.83 bits per heavy atom. The van der Waals surface area contributed by atoms with E-state index in [4.69, 9.17) is 0 Å². The number of carbonyl (C=O) groups excluding carboxylic acids is 1. The first-order valence-electron chi connectivity index (χ1n) is 7.65. The Morgan fingerprint density at radius 3 is 2.44 bits per heavy atom. The van der Waals surface area contributed by atoms with Crippen LogP contribution in [-0.4, -0.2) is 37.0 Å². The minimum atomic E-state index is 0.396. The van der Waals surface area contributed by atoms with Gasteiger partial charge in [0.05, 0.1) is 0 Å². The standard InChI is InChI=1S/C15H28N2O/c1-12-5-9-17(10-6-12)15(18)11-13(2)14-3-7-16-8-4-14/h12-14,16H,3-11H2,1-2H3. The molecule has 2 aliphatic heterocycles. The maximum Gasteiger partial charge on any atom is 0.222 e. The van der Waals surface area contributed by atoms with Crippen LogP contribution < -0.4 is 5.32 Å². The molecule has 0 aromatic heterocycles. The number of nitrogens with zero attached hydrogens (tertiary/aromatic N) is 1. The van der Waals surface area contributed by atoms with Gasteiger partial charge in [0.15, 0.2) is 0 Å². The summed E-state index contributed by atoms with van der Waals surface area (Å²) in [5.41, 5.74) is 0. The van der Waals surface area contributed by atoms with Gasteiger partial charge in [-0.2, -0.15) is 0 Å². The normalized spacial score (nSPS) is 25.1. The SMILES string of the molecule is CC1CCN(C(=O)CC(C)C2CCNCC2)CC1. The summed E-state index contributed by atoms with van der Waals surface area (Å²) >= 11 is 0. The Morgan fingerprint density at radius 1 is 1.22 bits per heavy atom. The molecule has 2 saturated heterocycles. The summed E-state index contributed by atoms with van der Waals surface area (Å²) < 4.78 is 0. The van der Waals surface area contributed by atoms with Gasteiger partial charge in [0, 0.05) is 19.5 Å². The van der Waals surface area contributed by atoms with E-state index in [9.17, 15) is 4.79 Å². The first-order valence-corrected chi connectivity index (χ1v) is 7.65. The highest BCUT2D eigenvalue weighted by Gasteiger charge is 2.25. The van der Waals surface area contributed by atoms with Crippen molar-refractivity contribution >= 4 is 5.91 Å². The third-order valence-electron chi connectivity index (χ3n) is 4.82. The molecule has 0 aromatic carbocycles. The third kappa shape index (κ3) is 3.71. The zero-order valence-electron chi connectivity index (χ0n) is 12.0. The molecule has 0 aliphatic carbocycles. The van der Waals surface area contributed by atoms with E-state index in [-0.39, 0.29) is 0 Å². The van der Waals surface area contributed by atoms with Crippen molar-refractivity contribution in [1.82, 2.24) is 10.2 Å². The molecule has 1 unspecified atom stereocenters. The van der Waals surface area contributed by atoms with Crippen molar-refractivity contribution in [3.8, 4) is 0 Å². The second-order valence-corrected chi connectivity index (χ2v) is 6.33. The van der Waals surface area contributed by atoms with E-state index >= 15 is 0 Å². The van der Waals surface area contributed by atoms with E-state index in [0.717, 1.165) is 44.4 Å². The largest absolute Gasteiger partial charge is 0.343 e. The lowest BCUT2D eigenvalue weighted by molar-refractivity contribution is -0.133.